The molecule has 2 rings (SSSR count). The van der Waals surface area contributed by atoms with Crippen LogP contribution in [0.2, 0.25) is 0 Å². The Labute approximate surface area is 108 Å². The van der Waals surface area contributed by atoms with E-state index in [4.69, 9.17) is 5.73 Å². The van der Waals surface area contributed by atoms with E-state index in [1.165, 1.54) is 6.26 Å². The first kappa shape index (κ1) is 14.1. The largest absolute Gasteiger partial charge is 0.361 e. The first-order chi connectivity index (χ1) is 7.52. The van der Waals surface area contributed by atoms with Crippen LogP contribution in [0.25, 0.3) is 10.9 Å². The van der Waals surface area contributed by atoms with Gasteiger partial charge in [0.2, 0.25) is 0 Å². The molecule has 0 aliphatic carbocycles. The van der Waals surface area contributed by atoms with E-state index in [1.54, 1.807) is 18.2 Å². The van der Waals surface area contributed by atoms with Gasteiger partial charge in [0, 0.05) is 23.4 Å². The number of fused-ring (bicyclic) bond motifs is 1. The second-order valence-electron chi connectivity index (χ2n) is 3.83. The monoisotopic (exact) mass is 272 g/mol. The normalized spacial score (nSPS) is 11.4. The van der Waals surface area contributed by atoms with Crippen LogP contribution in [0.15, 0.2) is 29.3 Å². The number of hydrogen-bond acceptors (Lipinski definition) is 3. The molecule has 94 valence electrons. The molecule has 0 saturated heterocycles. The number of benzene rings is 1. The standard InChI is InChI=1S/C11H14N2O2S.H2S/c1-16(14,15)9-2-3-11-10(6-9)8(4-5-12)7-13-11;/h2-3,6-7,13H,4-5,12H2,1H3;1H2. The summed E-state index contributed by atoms with van der Waals surface area (Å²) in [6, 6.07) is 5.10. The van der Waals surface area contributed by atoms with Gasteiger partial charge in [0.25, 0.3) is 0 Å². The van der Waals surface area contributed by atoms with Crippen LogP contribution in [0, 0.1) is 0 Å². The third kappa shape index (κ3) is 2.83. The molecule has 0 fully saturated rings. The van der Waals surface area contributed by atoms with Gasteiger partial charge < -0.3 is 10.7 Å². The van der Waals surface area contributed by atoms with Crippen molar-refractivity contribution in [3.8, 4) is 0 Å². The molecule has 2 aromatic rings. The van der Waals surface area contributed by atoms with Crippen LogP contribution in [0.4, 0.5) is 0 Å². The lowest BCUT2D eigenvalue weighted by molar-refractivity contribution is 0.602. The molecule has 17 heavy (non-hydrogen) atoms. The van der Waals surface area contributed by atoms with Gasteiger partial charge in [-0.1, -0.05) is 0 Å². The molecule has 0 amide bonds. The van der Waals surface area contributed by atoms with E-state index in [2.05, 4.69) is 4.98 Å². The van der Waals surface area contributed by atoms with Crippen molar-refractivity contribution in [2.75, 3.05) is 12.8 Å². The second-order valence-corrected chi connectivity index (χ2v) is 5.85. The SMILES string of the molecule is CS(=O)(=O)c1ccc2[nH]cc(CCN)c2c1.S. The molecule has 1 heterocycles. The van der Waals surface area contributed by atoms with E-state index < -0.39 is 9.84 Å². The molecule has 0 aliphatic heterocycles. The van der Waals surface area contributed by atoms with Crippen molar-refractivity contribution in [1.82, 2.24) is 4.98 Å². The van der Waals surface area contributed by atoms with Crippen LogP contribution in [-0.2, 0) is 16.3 Å². The van der Waals surface area contributed by atoms with Gasteiger partial charge in [-0.2, -0.15) is 13.5 Å². The predicted octanol–water partition coefficient (Wildman–Crippen LogP) is 1.19. The fourth-order valence-corrected chi connectivity index (χ4v) is 2.40. The summed E-state index contributed by atoms with van der Waals surface area (Å²) in [4.78, 5) is 3.45. The maximum atomic E-state index is 11.4. The number of nitrogens with one attached hydrogen (secondary N) is 1. The Bertz CT molecular complexity index is 617. The summed E-state index contributed by atoms with van der Waals surface area (Å²) in [6.45, 7) is 0.552. The number of nitrogens with two attached hydrogens (primary N) is 1. The number of sulfone groups is 1. The van der Waals surface area contributed by atoms with Crippen molar-refractivity contribution in [3.05, 3.63) is 30.0 Å². The molecular formula is C11H16N2O2S2. The minimum absolute atomic E-state index is 0. The number of rotatable bonds is 3. The van der Waals surface area contributed by atoms with Gasteiger partial charge in [-0.25, -0.2) is 8.42 Å². The molecule has 0 spiro atoms. The van der Waals surface area contributed by atoms with Crippen molar-refractivity contribution in [2.45, 2.75) is 11.3 Å². The number of H-pyrrole nitrogens is 1. The zero-order valence-corrected chi connectivity index (χ0v) is 11.3. The Morgan fingerprint density at radius 2 is 2.06 bits per heavy atom. The molecule has 0 unspecified atom stereocenters. The van der Waals surface area contributed by atoms with E-state index in [0.29, 0.717) is 11.4 Å². The zero-order valence-electron chi connectivity index (χ0n) is 9.53. The minimum Gasteiger partial charge on any atom is -0.361 e. The summed E-state index contributed by atoms with van der Waals surface area (Å²) in [7, 11) is -3.15. The van der Waals surface area contributed by atoms with Gasteiger partial charge in [-0.05, 0) is 36.7 Å². The van der Waals surface area contributed by atoms with E-state index in [1.807, 2.05) is 6.20 Å². The summed E-state index contributed by atoms with van der Waals surface area (Å²) in [5.41, 5.74) is 7.50. The molecule has 3 N–H and O–H groups in total. The van der Waals surface area contributed by atoms with Gasteiger partial charge in [0.1, 0.15) is 0 Å². The molecule has 4 nitrogen and oxygen atoms in total. The Morgan fingerprint density at radius 1 is 1.35 bits per heavy atom. The Morgan fingerprint density at radius 3 is 2.65 bits per heavy atom. The fraction of sp³-hybridized carbons (Fsp3) is 0.273. The molecule has 0 radical (unpaired) electrons. The fourth-order valence-electron chi connectivity index (χ4n) is 1.75. The van der Waals surface area contributed by atoms with E-state index in [0.717, 1.165) is 22.9 Å². The molecule has 0 saturated carbocycles. The smallest absolute Gasteiger partial charge is 0.175 e. The molecular weight excluding hydrogens is 256 g/mol. The third-order valence-electron chi connectivity index (χ3n) is 2.58. The molecule has 1 aromatic carbocycles. The highest BCUT2D eigenvalue weighted by Crippen LogP contribution is 2.22. The van der Waals surface area contributed by atoms with Crippen molar-refractivity contribution >= 4 is 34.2 Å². The van der Waals surface area contributed by atoms with Gasteiger partial charge in [0.05, 0.1) is 4.90 Å². The Kier molecular flexibility index (Phi) is 4.24. The highest BCUT2D eigenvalue weighted by Gasteiger charge is 2.10. The predicted molar refractivity (Wildman–Crippen MR) is 74.5 cm³/mol. The van der Waals surface area contributed by atoms with Crippen LogP contribution in [0.1, 0.15) is 5.56 Å². The van der Waals surface area contributed by atoms with Crippen LogP contribution >= 0.6 is 13.5 Å². The lowest BCUT2D eigenvalue weighted by Gasteiger charge is -2.00. The Hall–Kier alpha value is -0.980. The van der Waals surface area contributed by atoms with Crippen molar-refractivity contribution < 1.29 is 8.42 Å². The van der Waals surface area contributed by atoms with Crippen molar-refractivity contribution in [3.63, 3.8) is 0 Å². The van der Waals surface area contributed by atoms with Crippen LogP contribution in [0.5, 0.6) is 0 Å². The Balaban J connectivity index is 0.00000144. The quantitative estimate of drug-likeness (QED) is 0.881. The van der Waals surface area contributed by atoms with Crippen molar-refractivity contribution in [2.24, 2.45) is 5.73 Å². The summed E-state index contributed by atoms with van der Waals surface area (Å²) < 4.78 is 22.9. The third-order valence-corrected chi connectivity index (χ3v) is 3.69. The van der Waals surface area contributed by atoms with E-state index in [9.17, 15) is 8.42 Å². The van der Waals surface area contributed by atoms with Gasteiger partial charge in [0.15, 0.2) is 9.84 Å². The first-order valence-electron chi connectivity index (χ1n) is 5.02. The van der Waals surface area contributed by atoms with Gasteiger partial charge in [-0.15, -0.1) is 0 Å². The first-order valence-corrected chi connectivity index (χ1v) is 6.91. The molecule has 1 aromatic heterocycles. The highest BCUT2D eigenvalue weighted by atomic mass is 32.2. The lowest BCUT2D eigenvalue weighted by atomic mass is 10.1. The summed E-state index contributed by atoms with van der Waals surface area (Å²) in [5, 5.41) is 0.938. The molecule has 0 atom stereocenters. The van der Waals surface area contributed by atoms with Crippen LogP contribution < -0.4 is 5.73 Å². The number of aromatic nitrogens is 1. The van der Waals surface area contributed by atoms with Crippen LogP contribution in [0.3, 0.4) is 0 Å². The zero-order chi connectivity index (χ0) is 11.8. The van der Waals surface area contributed by atoms with Crippen molar-refractivity contribution in [1.29, 1.82) is 0 Å². The second kappa shape index (κ2) is 5.12. The number of hydrogen-bond donors (Lipinski definition) is 2. The number of aromatic amines is 1. The molecule has 0 aliphatic rings. The lowest BCUT2D eigenvalue weighted by Crippen LogP contribution is -2.02. The summed E-state index contributed by atoms with van der Waals surface area (Å²) in [5.74, 6) is 0. The summed E-state index contributed by atoms with van der Waals surface area (Å²) in [6.07, 6.45) is 3.83. The highest BCUT2D eigenvalue weighted by molar-refractivity contribution is 7.90. The summed E-state index contributed by atoms with van der Waals surface area (Å²) >= 11 is 0. The van der Waals surface area contributed by atoms with Gasteiger partial charge >= 0.3 is 0 Å². The minimum atomic E-state index is -3.15. The van der Waals surface area contributed by atoms with E-state index in [-0.39, 0.29) is 13.5 Å². The topological polar surface area (TPSA) is 76.0 Å². The van der Waals surface area contributed by atoms with Crippen LogP contribution in [-0.4, -0.2) is 26.2 Å². The molecule has 6 heteroatoms. The maximum Gasteiger partial charge on any atom is 0.175 e. The average molecular weight is 272 g/mol. The average Bonchev–Trinajstić information content (AvgIpc) is 2.60. The maximum absolute atomic E-state index is 11.4. The van der Waals surface area contributed by atoms with E-state index >= 15 is 0 Å². The molecule has 0 bridgehead atoms. The van der Waals surface area contributed by atoms with Gasteiger partial charge in [-0.3, -0.25) is 0 Å².